The summed E-state index contributed by atoms with van der Waals surface area (Å²) in [6.45, 7) is 0. The van der Waals surface area contributed by atoms with Crippen LogP contribution in [-0.2, 0) is 0 Å². The van der Waals surface area contributed by atoms with Gasteiger partial charge in [0.2, 0.25) is 0 Å². The summed E-state index contributed by atoms with van der Waals surface area (Å²) in [5.41, 5.74) is 8.03. The van der Waals surface area contributed by atoms with Crippen LogP contribution in [0.2, 0.25) is 0 Å². The summed E-state index contributed by atoms with van der Waals surface area (Å²) in [4.78, 5) is 4.44. The Morgan fingerprint density at radius 2 is 1.88 bits per heavy atom. The second-order valence-electron chi connectivity index (χ2n) is 3.77. The van der Waals surface area contributed by atoms with E-state index in [1.54, 1.807) is 0 Å². The van der Waals surface area contributed by atoms with Gasteiger partial charge in [0.1, 0.15) is 11.6 Å². The molecule has 3 rings (SSSR count). The smallest absolute Gasteiger partial charge is 0.147 e. The van der Waals surface area contributed by atoms with Gasteiger partial charge in [0.05, 0.1) is 11.7 Å². The van der Waals surface area contributed by atoms with Crippen LogP contribution in [0.15, 0.2) is 53.1 Å². The van der Waals surface area contributed by atoms with E-state index in [-0.39, 0.29) is 0 Å². The average molecular weight is 288 g/mol. The molecule has 2 aromatic heterocycles. The van der Waals surface area contributed by atoms with E-state index in [9.17, 15) is 0 Å². The van der Waals surface area contributed by atoms with Crippen LogP contribution in [0.1, 0.15) is 0 Å². The molecular formula is C13H10BrN3. The molecule has 0 unspecified atom stereocenters. The van der Waals surface area contributed by atoms with Gasteiger partial charge < -0.3 is 5.73 Å². The minimum atomic E-state index is 0.686. The zero-order valence-electron chi connectivity index (χ0n) is 8.97. The van der Waals surface area contributed by atoms with Crippen LogP contribution < -0.4 is 5.73 Å². The van der Waals surface area contributed by atoms with Gasteiger partial charge in [-0.1, -0.05) is 40.2 Å². The lowest BCUT2D eigenvalue weighted by Gasteiger charge is -2.06. The van der Waals surface area contributed by atoms with E-state index < -0.39 is 0 Å². The van der Waals surface area contributed by atoms with E-state index in [4.69, 9.17) is 5.73 Å². The first-order valence-electron chi connectivity index (χ1n) is 5.24. The Morgan fingerprint density at radius 3 is 2.71 bits per heavy atom. The maximum atomic E-state index is 6.00. The van der Waals surface area contributed by atoms with Crippen LogP contribution in [0.4, 0.5) is 5.82 Å². The van der Waals surface area contributed by atoms with E-state index in [1.165, 1.54) is 0 Å². The largest absolute Gasteiger partial charge is 0.385 e. The number of nitrogen functional groups attached to an aromatic ring is 1. The average Bonchev–Trinajstić information content (AvgIpc) is 2.75. The van der Waals surface area contributed by atoms with E-state index >= 15 is 0 Å². The van der Waals surface area contributed by atoms with Crippen molar-refractivity contribution < 1.29 is 0 Å². The summed E-state index contributed by atoms with van der Waals surface area (Å²) in [7, 11) is 0. The van der Waals surface area contributed by atoms with Crippen LogP contribution >= 0.6 is 15.9 Å². The third-order valence-corrected chi connectivity index (χ3v) is 3.39. The zero-order chi connectivity index (χ0) is 11.8. The van der Waals surface area contributed by atoms with E-state index in [0.717, 1.165) is 21.4 Å². The molecule has 0 aliphatic rings. The highest BCUT2D eigenvalue weighted by molar-refractivity contribution is 9.10. The van der Waals surface area contributed by atoms with Gasteiger partial charge in [0.25, 0.3) is 0 Å². The van der Waals surface area contributed by atoms with Gasteiger partial charge in [-0.2, -0.15) is 0 Å². The number of fused-ring (bicyclic) bond motifs is 1. The third kappa shape index (κ3) is 1.61. The van der Waals surface area contributed by atoms with E-state index in [0.29, 0.717) is 5.82 Å². The lowest BCUT2D eigenvalue weighted by Crippen LogP contribution is -1.98. The number of nitrogens with zero attached hydrogens (tertiary/aromatic N) is 2. The van der Waals surface area contributed by atoms with Crippen molar-refractivity contribution in [2.75, 3.05) is 5.73 Å². The van der Waals surface area contributed by atoms with Gasteiger partial charge >= 0.3 is 0 Å². The number of rotatable bonds is 1. The van der Waals surface area contributed by atoms with Crippen LogP contribution in [0.5, 0.6) is 0 Å². The Hall–Kier alpha value is -1.81. The molecule has 84 valence electrons. The van der Waals surface area contributed by atoms with Crippen LogP contribution in [-0.4, -0.2) is 9.38 Å². The Kier molecular flexibility index (Phi) is 2.37. The minimum absolute atomic E-state index is 0.686. The summed E-state index contributed by atoms with van der Waals surface area (Å²) >= 11 is 3.53. The van der Waals surface area contributed by atoms with Gasteiger partial charge in [-0.15, -0.1) is 0 Å². The predicted octanol–water partition coefficient (Wildman–Crippen LogP) is 3.35. The molecule has 0 saturated carbocycles. The molecule has 0 bridgehead atoms. The van der Waals surface area contributed by atoms with Gasteiger partial charge in [0.15, 0.2) is 0 Å². The van der Waals surface area contributed by atoms with Crippen molar-refractivity contribution in [3.63, 3.8) is 0 Å². The molecule has 0 saturated heterocycles. The van der Waals surface area contributed by atoms with E-state index in [2.05, 4.69) is 20.9 Å². The SMILES string of the molecule is Nc1cccc2cnc(-c3ccccc3Br)n12. The second kappa shape index (κ2) is 3.89. The molecule has 2 N–H and O–H groups in total. The number of nitrogens with two attached hydrogens (primary N) is 1. The van der Waals surface area contributed by atoms with Crippen molar-refractivity contribution in [2.24, 2.45) is 0 Å². The van der Waals surface area contributed by atoms with Crippen molar-refractivity contribution >= 4 is 27.3 Å². The monoisotopic (exact) mass is 287 g/mol. The zero-order valence-corrected chi connectivity index (χ0v) is 10.6. The van der Waals surface area contributed by atoms with Crippen molar-refractivity contribution in [1.29, 1.82) is 0 Å². The molecule has 0 spiro atoms. The minimum Gasteiger partial charge on any atom is -0.385 e. The lowest BCUT2D eigenvalue weighted by molar-refractivity contribution is 1.17. The summed E-state index contributed by atoms with van der Waals surface area (Å²) in [6.07, 6.45) is 1.82. The van der Waals surface area contributed by atoms with Crippen molar-refractivity contribution in [3.05, 3.63) is 53.1 Å². The standard InChI is InChI=1S/C13H10BrN3/c14-11-6-2-1-5-10(11)13-16-8-9-4-3-7-12(15)17(9)13/h1-8H,15H2. The summed E-state index contributed by atoms with van der Waals surface area (Å²) < 4.78 is 2.95. The molecule has 3 nitrogen and oxygen atoms in total. The molecule has 0 aliphatic heterocycles. The van der Waals surface area contributed by atoms with Crippen LogP contribution in [0, 0.1) is 0 Å². The van der Waals surface area contributed by atoms with Gasteiger partial charge in [0, 0.05) is 10.0 Å². The van der Waals surface area contributed by atoms with Gasteiger partial charge in [-0.25, -0.2) is 4.98 Å². The van der Waals surface area contributed by atoms with Crippen LogP contribution in [0.3, 0.4) is 0 Å². The fraction of sp³-hybridized carbons (Fsp3) is 0. The number of imidazole rings is 1. The molecule has 0 fully saturated rings. The molecular weight excluding hydrogens is 278 g/mol. The number of pyridine rings is 1. The van der Waals surface area contributed by atoms with E-state index in [1.807, 2.05) is 53.1 Å². The first-order valence-corrected chi connectivity index (χ1v) is 6.03. The topological polar surface area (TPSA) is 43.3 Å². The summed E-state index contributed by atoms with van der Waals surface area (Å²) in [5.74, 6) is 1.54. The summed E-state index contributed by atoms with van der Waals surface area (Å²) in [5, 5.41) is 0. The number of halogens is 1. The first-order chi connectivity index (χ1) is 8.27. The highest BCUT2D eigenvalue weighted by atomic mass is 79.9. The molecule has 1 aromatic carbocycles. The number of aromatic nitrogens is 2. The normalized spacial score (nSPS) is 10.9. The van der Waals surface area contributed by atoms with Gasteiger partial charge in [-0.3, -0.25) is 4.40 Å². The number of anilines is 1. The number of benzene rings is 1. The summed E-state index contributed by atoms with van der Waals surface area (Å²) in [6, 6.07) is 13.8. The Bertz CT molecular complexity index is 688. The fourth-order valence-corrected chi connectivity index (χ4v) is 2.37. The van der Waals surface area contributed by atoms with Crippen LogP contribution in [0.25, 0.3) is 16.9 Å². The number of hydrogen-bond donors (Lipinski definition) is 1. The molecule has 2 heterocycles. The van der Waals surface area contributed by atoms with Crippen molar-refractivity contribution in [2.45, 2.75) is 0 Å². The van der Waals surface area contributed by atoms with Gasteiger partial charge in [-0.05, 0) is 18.2 Å². The Balaban J connectivity index is 2.36. The maximum Gasteiger partial charge on any atom is 0.147 e. The fourth-order valence-electron chi connectivity index (χ4n) is 1.91. The third-order valence-electron chi connectivity index (χ3n) is 2.70. The Morgan fingerprint density at radius 1 is 1.06 bits per heavy atom. The maximum absolute atomic E-state index is 6.00. The molecule has 0 radical (unpaired) electrons. The quantitative estimate of drug-likeness (QED) is 0.746. The molecule has 17 heavy (non-hydrogen) atoms. The Labute approximate surface area is 107 Å². The molecule has 0 atom stereocenters. The molecule has 0 amide bonds. The molecule has 0 aliphatic carbocycles. The van der Waals surface area contributed by atoms with Crippen molar-refractivity contribution in [3.8, 4) is 11.4 Å². The first kappa shape index (κ1) is 10.4. The molecule has 3 aromatic rings. The second-order valence-corrected chi connectivity index (χ2v) is 4.63. The predicted molar refractivity (Wildman–Crippen MR) is 72.7 cm³/mol. The highest BCUT2D eigenvalue weighted by Crippen LogP contribution is 2.28. The lowest BCUT2D eigenvalue weighted by atomic mass is 10.2. The van der Waals surface area contributed by atoms with Crippen molar-refractivity contribution in [1.82, 2.24) is 9.38 Å². The highest BCUT2D eigenvalue weighted by Gasteiger charge is 2.10. The molecule has 4 heteroatoms. The number of hydrogen-bond acceptors (Lipinski definition) is 2.